The maximum absolute atomic E-state index is 12.2. The third-order valence-electron chi connectivity index (χ3n) is 4.16. The maximum atomic E-state index is 12.2. The number of fused-ring (bicyclic) bond motifs is 1. The lowest BCUT2D eigenvalue weighted by Gasteiger charge is -2.27. The summed E-state index contributed by atoms with van der Waals surface area (Å²) >= 11 is 0. The van der Waals surface area contributed by atoms with Gasteiger partial charge in [-0.25, -0.2) is 0 Å². The van der Waals surface area contributed by atoms with Crippen LogP contribution in [0.3, 0.4) is 0 Å². The van der Waals surface area contributed by atoms with Crippen molar-refractivity contribution in [3.8, 4) is 0 Å². The summed E-state index contributed by atoms with van der Waals surface area (Å²) in [5.74, 6) is -0.0644. The number of nitrogens with one attached hydrogen (secondary N) is 2. The number of amides is 1. The molecule has 1 amide bonds. The van der Waals surface area contributed by atoms with Crippen LogP contribution in [0.4, 0.5) is 0 Å². The van der Waals surface area contributed by atoms with Crippen molar-refractivity contribution in [2.45, 2.75) is 19.4 Å². The third kappa shape index (κ3) is 2.69. The van der Waals surface area contributed by atoms with Crippen LogP contribution < -0.4 is 10.6 Å². The molecule has 110 valence electrons. The highest BCUT2D eigenvalue weighted by atomic mass is 16.1. The van der Waals surface area contributed by atoms with Gasteiger partial charge in [-0.2, -0.15) is 5.10 Å². The molecule has 5 heteroatoms. The highest BCUT2D eigenvalue weighted by molar-refractivity contribution is 5.95. The molecule has 3 rings (SSSR count). The summed E-state index contributed by atoms with van der Waals surface area (Å²) in [5.41, 5.74) is 4.17. The van der Waals surface area contributed by atoms with E-state index in [2.05, 4.69) is 33.9 Å². The molecule has 0 aliphatic carbocycles. The van der Waals surface area contributed by atoms with Crippen LogP contribution in [-0.2, 0) is 13.5 Å². The van der Waals surface area contributed by atoms with Crippen molar-refractivity contribution in [2.75, 3.05) is 13.1 Å². The van der Waals surface area contributed by atoms with E-state index in [1.807, 2.05) is 20.0 Å². The number of benzene rings is 1. The Hall–Kier alpha value is -2.14. The molecule has 1 aromatic carbocycles. The molecular weight excluding hydrogens is 264 g/mol. The molecule has 1 aliphatic rings. The number of aryl methyl sites for hydroxylation is 1. The molecule has 0 saturated carbocycles. The van der Waals surface area contributed by atoms with Gasteiger partial charge in [-0.15, -0.1) is 0 Å². The average Bonchev–Trinajstić information content (AvgIpc) is 2.84. The second-order valence-electron chi connectivity index (χ2n) is 5.43. The van der Waals surface area contributed by atoms with E-state index in [0.29, 0.717) is 12.1 Å². The standard InChI is InChI=1S/C16H20N4O/c1-11-14(9-19-20(11)2)16(21)18-10-15-13-6-4-3-5-12(13)7-8-17-15/h3-6,9,15,17H,7-8,10H2,1-2H3,(H,18,21). The monoisotopic (exact) mass is 284 g/mol. The SMILES string of the molecule is Cc1c(C(=O)NCC2NCCc3ccccc32)cnn1C. The van der Waals surface area contributed by atoms with Gasteiger partial charge in [-0.3, -0.25) is 9.48 Å². The number of carbonyl (C=O) groups excluding carboxylic acids is 1. The van der Waals surface area contributed by atoms with Crippen LogP contribution in [0.25, 0.3) is 0 Å². The lowest BCUT2D eigenvalue weighted by Crippen LogP contribution is -2.38. The lowest BCUT2D eigenvalue weighted by molar-refractivity contribution is 0.0948. The summed E-state index contributed by atoms with van der Waals surface area (Å²) in [6, 6.07) is 8.59. The van der Waals surface area contributed by atoms with E-state index in [0.717, 1.165) is 18.7 Å². The average molecular weight is 284 g/mol. The second kappa shape index (κ2) is 5.69. The minimum atomic E-state index is -0.0644. The number of hydrogen-bond donors (Lipinski definition) is 2. The predicted molar refractivity (Wildman–Crippen MR) is 81.2 cm³/mol. The quantitative estimate of drug-likeness (QED) is 0.894. The van der Waals surface area contributed by atoms with Crippen LogP contribution in [-0.4, -0.2) is 28.8 Å². The summed E-state index contributed by atoms with van der Waals surface area (Å²) < 4.78 is 1.71. The van der Waals surface area contributed by atoms with Gasteiger partial charge in [-0.1, -0.05) is 24.3 Å². The minimum Gasteiger partial charge on any atom is -0.350 e. The van der Waals surface area contributed by atoms with Gasteiger partial charge < -0.3 is 10.6 Å². The van der Waals surface area contributed by atoms with Crippen molar-refractivity contribution in [3.05, 3.63) is 52.8 Å². The molecule has 21 heavy (non-hydrogen) atoms. The van der Waals surface area contributed by atoms with E-state index < -0.39 is 0 Å². The number of aromatic nitrogens is 2. The topological polar surface area (TPSA) is 59.0 Å². The molecule has 2 aromatic rings. The Labute approximate surface area is 124 Å². The molecule has 1 unspecified atom stereocenters. The number of rotatable bonds is 3. The fraction of sp³-hybridized carbons (Fsp3) is 0.375. The maximum Gasteiger partial charge on any atom is 0.254 e. The summed E-state index contributed by atoms with van der Waals surface area (Å²) in [6.45, 7) is 3.43. The molecule has 0 spiro atoms. The molecule has 2 N–H and O–H groups in total. The normalized spacial score (nSPS) is 17.3. The zero-order valence-corrected chi connectivity index (χ0v) is 12.4. The van der Waals surface area contributed by atoms with Crippen molar-refractivity contribution in [1.29, 1.82) is 0 Å². The third-order valence-corrected chi connectivity index (χ3v) is 4.16. The highest BCUT2D eigenvalue weighted by Gasteiger charge is 2.20. The zero-order valence-electron chi connectivity index (χ0n) is 12.4. The van der Waals surface area contributed by atoms with E-state index in [-0.39, 0.29) is 11.9 Å². The van der Waals surface area contributed by atoms with Gasteiger partial charge in [0.25, 0.3) is 5.91 Å². The van der Waals surface area contributed by atoms with Crippen LogP contribution in [0.15, 0.2) is 30.5 Å². The van der Waals surface area contributed by atoms with E-state index >= 15 is 0 Å². The van der Waals surface area contributed by atoms with Gasteiger partial charge >= 0.3 is 0 Å². The van der Waals surface area contributed by atoms with Gasteiger partial charge in [0.05, 0.1) is 11.8 Å². The summed E-state index contributed by atoms with van der Waals surface area (Å²) in [5, 5.41) is 10.6. The Balaban J connectivity index is 1.69. The van der Waals surface area contributed by atoms with Crippen molar-refractivity contribution in [1.82, 2.24) is 20.4 Å². The van der Waals surface area contributed by atoms with Crippen molar-refractivity contribution in [2.24, 2.45) is 7.05 Å². The van der Waals surface area contributed by atoms with E-state index in [9.17, 15) is 4.79 Å². The zero-order chi connectivity index (χ0) is 14.8. The minimum absolute atomic E-state index is 0.0644. The van der Waals surface area contributed by atoms with Crippen LogP contribution in [0.5, 0.6) is 0 Å². The van der Waals surface area contributed by atoms with Crippen molar-refractivity contribution in [3.63, 3.8) is 0 Å². The van der Waals surface area contributed by atoms with Crippen LogP contribution in [0.2, 0.25) is 0 Å². The number of carbonyl (C=O) groups is 1. The molecule has 0 radical (unpaired) electrons. The largest absolute Gasteiger partial charge is 0.350 e. The van der Waals surface area contributed by atoms with Gasteiger partial charge in [-0.05, 0) is 31.0 Å². The smallest absolute Gasteiger partial charge is 0.254 e. The Morgan fingerprint density at radius 3 is 3.05 bits per heavy atom. The first kappa shape index (κ1) is 13.8. The highest BCUT2D eigenvalue weighted by Crippen LogP contribution is 2.22. The van der Waals surface area contributed by atoms with Crippen LogP contribution in [0.1, 0.15) is 33.2 Å². The van der Waals surface area contributed by atoms with E-state index in [1.54, 1.807) is 10.9 Å². The Morgan fingerprint density at radius 1 is 1.48 bits per heavy atom. The second-order valence-corrected chi connectivity index (χ2v) is 5.43. The number of nitrogens with zero attached hydrogens (tertiary/aromatic N) is 2. The fourth-order valence-electron chi connectivity index (χ4n) is 2.79. The fourth-order valence-corrected chi connectivity index (χ4v) is 2.79. The molecule has 1 aliphatic heterocycles. The van der Waals surface area contributed by atoms with Crippen LogP contribution >= 0.6 is 0 Å². The van der Waals surface area contributed by atoms with Crippen molar-refractivity contribution < 1.29 is 4.79 Å². The molecule has 0 bridgehead atoms. The summed E-state index contributed by atoms with van der Waals surface area (Å²) in [4.78, 5) is 12.2. The first-order chi connectivity index (χ1) is 10.2. The van der Waals surface area contributed by atoms with Gasteiger partial charge in [0.1, 0.15) is 0 Å². The van der Waals surface area contributed by atoms with Crippen LogP contribution in [0, 0.1) is 6.92 Å². The Morgan fingerprint density at radius 2 is 2.29 bits per heavy atom. The molecule has 1 aromatic heterocycles. The molecule has 1 atom stereocenters. The van der Waals surface area contributed by atoms with Gasteiger partial charge in [0, 0.05) is 25.3 Å². The molecule has 5 nitrogen and oxygen atoms in total. The Bertz CT molecular complexity index is 662. The first-order valence-corrected chi connectivity index (χ1v) is 7.25. The summed E-state index contributed by atoms with van der Waals surface area (Å²) in [6.07, 6.45) is 2.66. The lowest BCUT2D eigenvalue weighted by atomic mass is 9.94. The Kier molecular flexibility index (Phi) is 3.75. The molecule has 0 fully saturated rings. The molecular formula is C16H20N4O. The van der Waals surface area contributed by atoms with Crippen molar-refractivity contribution >= 4 is 5.91 Å². The van der Waals surface area contributed by atoms with E-state index in [4.69, 9.17) is 0 Å². The summed E-state index contributed by atoms with van der Waals surface area (Å²) in [7, 11) is 1.84. The predicted octanol–water partition coefficient (Wildman–Crippen LogP) is 1.35. The molecule has 2 heterocycles. The first-order valence-electron chi connectivity index (χ1n) is 7.25. The van der Waals surface area contributed by atoms with E-state index in [1.165, 1.54) is 11.1 Å². The van der Waals surface area contributed by atoms with Gasteiger partial charge in [0.15, 0.2) is 0 Å². The van der Waals surface area contributed by atoms with Gasteiger partial charge in [0.2, 0.25) is 0 Å². The molecule has 0 saturated heterocycles. The number of hydrogen-bond acceptors (Lipinski definition) is 3.